The molecule has 1 atom stereocenters. The third kappa shape index (κ3) is 3.12. The lowest BCUT2D eigenvalue weighted by Crippen LogP contribution is -2.09. The molecule has 1 N–H and O–H groups in total. The second kappa shape index (κ2) is 6.08. The van der Waals surface area contributed by atoms with Crippen molar-refractivity contribution in [1.82, 2.24) is 14.5 Å². The molecule has 0 saturated heterocycles. The van der Waals surface area contributed by atoms with Gasteiger partial charge in [-0.25, -0.2) is 4.98 Å². The average Bonchev–Trinajstić information content (AvgIpc) is 2.96. The molecule has 1 unspecified atom stereocenters. The molecule has 0 fully saturated rings. The molecule has 3 rings (SSSR count). The summed E-state index contributed by atoms with van der Waals surface area (Å²) in [6.07, 6.45) is 6.39. The van der Waals surface area contributed by atoms with Crippen LogP contribution in [0.3, 0.4) is 0 Å². The normalized spacial score (nSPS) is 12.3. The maximum atomic E-state index is 10.4. The minimum atomic E-state index is -0.645. The largest absolute Gasteiger partial charge is 0.387 e. The van der Waals surface area contributed by atoms with Gasteiger partial charge in [-0.2, -0.15) is 0 Å². The first-order chi connectivity index (χ1) is 10.2. The number of rotatable bonds is 4. The number of imidazole rings is 1. The molecule has 0 spiro atoms. The first kappa shape index (κ1) is 13.8. The molecule has 21 heavy (non-hydrogen) atoms. The van der Waals surface area contributed by atoms with Crippen LogP contribution in [0.2, 0.25) is 5.02 Å². The number of hydrogen-bond donors (Lipinski definition) is 1. The van der Waals surface area contributed by atoms with E-state index in [-0.39, 0.29) is 0 Å². The van der Waals surface area contributed by atoms with Crippen molar-refractivity contribution in [2.75, 3.05) is 0 Å². The molecule has 0 radical (unpaired) electrons. The SMILES string of the molecule is OC(Cn1ccnc1-c1cccnc1)c1cccc(Cl)c1. The minimum Gasteiger partial charge on any atom is -0.387 e. The number of nitrogens with zero attached hydrogens (tertiary/aromatic N) is 3. The van der Waals surface area contributed by atoms with Gasteiger partial charge in [-0.3, -0.25) is 4.98 Å². The summed E-state index contributed by atoms with van der Waals surface area (Å²) in [6.45, 7) is 0.407. The fourth-order valence-corrected chi connectivity index (χ4v) is 2.42. The minimum absolute atomic E-state index is 0.407. The summed E-state index contributed by atoms with van der Waals surface area (Å²) in [4.78, 5) is 8.43. The highest BCUT2D eigenvalue weighted by Crippen LogP contribution is 2.22. The molecule has 2 aromatic heterocycles. The van der Waals surface area contributed by atoms with Crippen LogP contribution in [0.1, 0.15) is 11.7 Å². The summed E-state index contributed by atoms with van der Waals surface area (Å²) in [6, 6.07) is 11.1. The van der Waals surface area contributed by atoms with Crippen molar-refractivity contribution in [1.29, 1.82) is 0 Å². The first-order valence-corrected chi connectivity index (χ1v) is 6.97. The average molecular weight is 300 g/mol. The Morgan fingerprint density at radius 1 is 1.19 bits per heavy atom. The second-order valence-electron chi connectivity index (χ2n) is 4.72. The van der Waals surface area contributed by atoms with Crippen molar-refractivity contribution >= 4 is 11.6 Å². The van der Waals surface area contributed by atoms with Gasteiger partial charge < -0.3 is 9.67 Å². The fourth-order valence-electron chi connectivity index (χ4n) is 2.22. The van der Waals surface area contributed by atoms with Gasteiger partial charge in [0, 0.05) is 35.4 Å². The number of aliphatic hydroxyl groups excluding tert-OH is 1. The van der Waals surface area contributed by atoms with Crippen LogP contribution < -0.4 is 0 Å². The number of aromatic nitrogens is 3. The van der Waals surface area contributed by atoms with Gasteiger partial charge in [-0.1, -0.05) is 23.7 Å². The van der Waals surface area contributed by atoms with Crippen molar-refractivity contribution < 1.29 is 5.11 Å². The van der Waals surface area contributed by atoms with Crippen molar-refractivity contribution in [3.8, 4) is 11.4 Å². The third-order valence-electron chi connectivity index (χ3n) is 3.24. The van der Waals surface area contributed by atoms with Gasteiger partial charge >= 0.3 is 0 Å². The number of benzene rings is 1. The zero-order valence-corrected chi connectivity index (χ0v) is 12.0. The van der Waals surface area contributed by atoms with Gasteiger partial charge in [-0.15, -0.1) is 0 Å². The van der Waals surface area contributed by atoms with Gasteiger partial charge in [-0.05, 0) is 29.8 Å². The molecule has 0 aliphatic heterocycles. The van der Waals surface area contributed by atoms with E-state index in [0.717, 1.165) is 17.0 Å². The van der Waals surface area contributed by atoms with Crippen LogP contribution in [-0.2, 0) is 6.54 Å². The molecular weight excluding hydrogens is 286 g/mol. The Labute approximate surface area is 127 Å². The molecule has 1 aromatic carbocycles. The highest BCUT2D eigenvalue weighted by atomic mass is 35.5. The summed E-state index contributed by atoms with van der Waals surface area (Å²) in [5.41, 5.74) is 1.70. The van der Waals surface area contributed by atoms with Crippen LogP contribution in [0.15, 0.2) is 61.2 Å². The molecule has 0 amide bonds. The van der Waals surface area contributed by atoms with Gasteiger partial charge in [0.2, 0.25) is 0 Å². The van der Waals surface area contributed by atoms with E-state index in [1.54, 1.807) is 30.7 Å². The van der Waals surface area contributed by atoms with Crippen LogP contribution in [0.4, 0.5) is 0 Å². The fraction of sp³-hybridized carbons (Fsp3) is 0.125. The number of hydrogen-bond acceptors (Lipinski definition) is 3. The Hall–Kier alpha value is -2.17. The molecule has 0 saturated carbocycles. The van der Waals surface area contributed by atoms with E-state index < -0.39 is 6.10 Å². The highest BCUT2D eigenvalue weighted by Gasteiger charge is 2.12. The topological polar surface area (TPSA) is 50.9 Å². The zero-order chi connectivity index (χ0) is 14.7. The van der Waals surface area contributed by atoms with E-state index in [1.807, 2.05) is 35.0 Å². The van der Waals surface area contributed by atoms with Gasteiger partial charge in [0.1, 0.15) is 5.82 Å². The quantitative estimate of drug-likeness (QED) is 0.804. The Morgan fingerprint density at radius 2 is 2.10 bits per heavy atom. The molecule has 2 heterocycles. The second-order valence-corrected chi connectivity index (χ2v) is 5.15. The van der Waals surface area contributed by atoms with E-state index in [1.165, 1.54) is 0 Å². The van der Waals surface area contributed by atoms with Gasteiger partial charge in [0.25, 0.3) is 0 Å². The molecule has 4 nitrogen and oxygen atoms in total. The molecular formula is C16H14ClN3O. The maximum absolute atomic E-state index is 10.4. The smallest absolute Gasteiger partial charge is 0.141 e. The maximum Gasteiger partial charge on any atom is 0.141 e. The van der Waals surface area contributed by atoms with Crippen molar-refractivity contribution in [3.63, 3.8) is 0 Å². The van der Waals surface area contributed by atoms with Gasteiger partial charge in [0.05, 0.1) is 12.6 Å². The summed E-state index contributed by atoms with van der Waals surface area (Å²) >= 11 is 5.96. The summed E-state index contributed by atoms with van der Waals surface area (Å²) in [5.74, 6) is 0.782. The molecule has 5 heteroatoms. The Morgan fingerprint density at radius 3 is 2.86 bits per heavy atom. The number of aliphatic hydroxyl groups is 1. The first-order valence-electron chi connectivity index (χ1n) is 6.59. The van der Waals surface area contributed by atoms with Crippen molar-refractivity contribution in [2.45, 2.75) is 12.6 Å². The third-order valence-corrected chi connectivity index (χ3v) is 3.47. The molecule has 0 bridgehead atoms. The van der Waals surface area contributed by atoms with Crippen molar-refractivity contribution in [2.24, 2.45) is 0 Å². The van der Waals surface area contributed by atoms with Crippen LogP contribution >= 0.6 is 11.6 Å². The Balaban J connectivity index is 1.85. The highest BCUT2D eigenvalue weighted by molar-refractivity contribution is 6.30. The summed E-state index contributed by atoms with van der Waals surface area (Å²) in [7, 11) is 0. The molecule has 3 aromatic rings. The molecule has 0 aliphatic rings. The summed E-state index contributed by atoms with van der Waals surface area (Å²) < 4.78 is 1.91. The Bertz CT molecular complexity index is 727. The number of pyridine rings is 1. The predicted octanol–water partition coefficient (Wildman–Crippen LogP) is 3.33. The van der Waals surface area contributed by atoms with E-state index in [9.17, 15) is 5.11 Å². The lowest BCUT2D eigenvalue weighted by atomic mass is 10.1. The molecule has 0 aliphatic carbocycles. The van der Waals surface area contributed by atoms with Crippen molar-refractivity contribution in [3.05, 3.63) is 71.8 Å². The predicted molar refractivity (Wildman–Crippen MR) is 81.9 cm³/mol. The van der Waals surface area contributed by atoms with Crippen LogP contribution in [0.5, 0.6) is 0 Å². The van der Waals surface area contributed by atoms with E-state index in [0.29, 0.717) is 11.6 Å². The Kier molecular flexibility index (Phi) is 3.99. The lowest BCUT2D eigenvalue weighted by Gasteiger charge is -2.14. The van der Waals surface area contributed by atoms with Crippen LogP contribution in [0.25, 0.3) is 11.4 Å². The number of halogens is 1. The molecule has 106 valence electrons. The standard InChI is InChI=1S/C16H14ClN3O/c17-14-5-1-3-12(9-14)15(21)11-20-8-7-19-16(20)13-4-2-6-18-10-13/h1-10,15,21H,11H2. The van der Waals surface area contributed by atoms with Crippen LogP contribution in [0, 0.1) is 0 Å². The zero-order valence-electron chi connectivity index (χ0n) is 11.2. The van der Waals surface area contributed by atoms with Gasteiger partial charge in [0.15, 0.2) is 0 Å². The van der Waals surface area contributed by atoms with Crippen LogP contribution in [-0.4, -0.2) is 19.6 Å². The lowest BCUT2D eigenvalue weighted by molar-refractivity contribution is 0.157. The van der Waals surface area contributed by atoms with E-state index >= 15 is 0 Å². The monoisotopic (exact) mass is 299 g/mol. The van der Waals surface area contributed by atoms with E-state index in [2.05, 4.69) is 9.97 Å². The summed E-state index contributed by atoms with van der Waals surface area (Å²) in [5, 5.41) is 11.0. The van der Waals surface area contributed by atoms with E-state index in [4.69, 9.17) is 11.6 Å².